The van der Waals surface area contributed by atoms with Crippen molar-refractivity contribution in [3.8, 4) is 11.1 Å². The van der Waals surface area contributed by atoms with Crippen molar-refractivity contribution in [2.24, 2.45) is 17.8 Å². The number of benzene rings is 2. The molecule has 1 atom stereocenters. The third-order valence-electron chi connectivity index (χ3n) is 6.92. The Morgan fingerprint density at radius 3 is 1.89 bits per heavy atom. The Morgan fingerprint density at radius 1 is 0.944 bits per heavy atom. The van der Waals surface area contributed by atoms with Crippen LogP contribution in [0.25, 0.3) is 11.1 Å². The quantitative estimate of drug-likeness (QED) is 0.373. The van der Waals surface area contributed by atoms with Crippen LogP contribution in [0.2, 0.25) is 0 Å². The molecular formula is C33H50O3. The lowest BCUT2D eigenvalue weighted by atomic mass is 9.86. The second-order valence-corrected chi connectivity index (χ2v) is 11.0. The van der Waals surface area contributed by atoms with Crippen LogP contribution in [0.15, 0.2) is 36.4 Å². The fourth-order valence-electron chi connectivity index (χ4n) is 4.29. The highest BCUT2D eigenvalue weighted by atomic mass is 16.3. The third kappa shape index (κ3) is 9.00. The summed E-state index contributed by atoms with van der Waals surface area (Å²) in [7, 11) is 0. The summed E-state index contributed by atoms with van der Waals surface area (Å²) in [6.45, 7) is 19.8. The predicted octanol–water partition coefficient (Wildman–Crippen LogP) is 8.74. The van der Waals surface area contributed by atoms with Gasteiger partial charge in [-0.05, 0) is 80.5 Å². The van der Waals surface area contributed by atoms with Gasteiger partial charge in [0.1, 0.15) is 0 Å². The summed E-state index contributed by atoms with van der Waals surface area (Å²) in [6.07, 6.45) is 5.52. The van der Waals surface area contributed by atoms with Gasteiger partial charge in [0.2, 0.25) is 0 Å². The van der Waals surface area contributed by atoms with Crippen LogP contribution in [0.3, 0.4) is 0 Å². The number of carbonyl (C=O) groups is 2. The molecule has 2 aromatic carbocycles. The number of carbonyl (C=O) groups excluding carboxylic acids is 2. The second kappa shape index (κ2) is 14.5. The van der Waals surface area contributed by atoms with E-state index in [1.165, 1.54) is 19.3 Å². The molecule has 1 fully saturated rings. The Balaban J connectivity index is 0.000000446. The SMILES string of the molecule is CC(C1CC1)C(C)(C)O.CCC.CCc1cc(-c2cccc(CC)c2C(=O)C(C)C)ccc1C(C)=O. The molecule has 36 heavy (non-hydrogen) atoms. The molecule has 1 saturated carbocycles. The molecule has 1 unspecified atom stereocenters. The first kappa shape index (κ1) is 31.8. The monoisotopic (exact) mass is 494 g/mol. The molecule has 0 heterocycles. The molecule has 2 aromatic rings. The summed E-state index contributed by atoms with van der Waals surface area (Å²) >= 11 is 0. The number of hydrogen-bond acceptors (Lipinski definition) is 3. The van der Waals surface area contributed by atoms with Crippen LogP contribution in [0.5, 0.6) is 0 Å². The first-order chi connectivity index (χ1) is 16.8. The van der Waals surface area contributed by atoms with Crippen LogP contribution in [-0.2, 0) is 12.8 Å². The topological polar surface area (TPSA) is 54.4 Å². The summed E-state index contributed by atoms with van der Waals surface area (Å²) in [5, 5.41) is 9.50. The average molecular weight is 495 g/mol. The summed E-state index contributed by atoms with van der Waals surface area (Å²) in [6, 6.07) is 12.0. The zero-order valence-corrected chi connectivity index (χ0v) is 24.5. The number of hydrogen-bond donors (Lipinski definition) is 1. The molecular weight excluding hydrogens is 444 g/mol. The average Bonchev–Trinajstić information content (AvgIpc) is 3.67. The zero-order chi connectivity index (χ0) is 27.6. The van der Waals surface area contributed by atoms with Gasteiger partial charge in [-0.2, -0.15) is 0 Å². The van der Waals surface area contributed by atoms with Gasteiger partial charge in [0.15, 0.2) is 11.6 Å². The highest BCUT2D eigenvalue weighted by Crippen LogP contribution is 2.41. The van der Waals surface area contributed by atoms with E-state index in [0.717, 1.165) is 52.1 Å². The van der Waals surface area contributed by atoms with Crippen molar-refractivity contribution in [2.45, 2.75) is 107 Å². The standard InChI is InChI=1S/C22H26O2.C8H16O.C3H8/c1-6-16-9-8-10-20(21(16)22(24)14(3)4)18-11-12-19(15(5)23)17(7-2)13-18;1-6(7-4-5-7)8(2,3)9;1-3-2/h8-14H,6-7H2,1-5H3;6-7,9H,4-5H2,1-3H3;3H2,1-2H3. The molecule has 0 amide bonds. The van der Waals surface area contributed by atoms with Gasteiger partial charge in [-0.25, -0.2) is 0 Å². The van der Waals surface area contributed by atoms with Crippen molar-refractivity contribution >= 4 is 11.6 Å². The minimum absolute atomic E-state index is 0.0430. The minimum Gasteiger partial charge on any atom is -0.390 e. The Hall–Kier alpha value is -2.26. The van der Waals surface area contributed by atoms with E-state index in [-0.39, 0.29) is 17.5 Å². The second-order valence-electron chi connectivity index (χ2n) is 11.0. The zero-order valence-electron chi connectivity index (χ0n) is 24.5. The Bertz CT molecular complexity index is 990. The number of aryl methyl sites for hydroxylation is 2. The molecule has 3 rings (SSSR count). The van der Waals surface area contributed by atoms with E-state index in [1.54, 1.807) is 6.92 Å². The van der Waals surface area contributed by atoms with Crippen LogP contribution >= 0.6 is 0 Å². The Kier molecular flexibility index (Phi) is 12.8. The van der Waals surface area contributed by atoms with Gasteiger partial charge < -0.3 is 5.11 Å². The molecule has 0 spiro atoms. The lowest BCUT2D eigenvalue weighted by Gasteiger charge is -2.25. The summed E-state index contributed by atoms with van der Waals surface area (Å²) in [5.74, 6) is 1.51. The smallest absolute Gasteiger partial charge is 0.166 e. The number of aliphatic hydroxyl groups is 1. The van der Waals surface area contributed by atoms with Gasteiger partial charge >= 0.3 is 0 Å². The lowest BCUT2D eigenvalue weighted by molar-refractivity contribution is 0.0155. The van der Waals surface area contributed by atoms with Gasteiger partial charge in [-0.15, -0.1) is 0 Å². The van der Waals surface area contributed by atoms with E-state index in [1.807, 2.05) is 65.0 Å². The van der Waals surface area contributed by atoms with Crippen LogP contribution in [0, 0.1) is 17.8 Å². The summed E-state index contributed by atoms with van der Waals surface area (Å²) in [4.78, 5) is 24.6. The molecule has 3 heteroatoms. The molecule has 0 aromatic heterocycles. The maximum absolute atomic E-state index is 12.8. The molecule has 200 valence electrons. The Labute approximate surface area is 220 Å². The number of Topliss-reactive ketones (excluding diaryl/α,β-unsaturated/α-hetero) is 2. The fourth-order valence-corrected chi connectivity index (χ4v) is 4.29. The van der Waals surface area contributed by atoms with E-state index >= 15 is 0 Å². The number of ketones is 2. The normalized spacial score (nSPS) is 13.8. The first-order valence-corrected chi connectivity index (χ1v) is 13.9. The van der Waals surface area contributed by atoms with E-state index in [0.29, 0.717) is 5.92 Å². The molecule has 1 N–H and O–H groups in total. The van der Waals surface area contributed by atoms with Gasteiger partial charge in [-0.1, -0.05) is 91.3 Å². The summed E-state index contributed by atoms with van der Waals surface area (Å²) in [5.41, 5.74) is 5.23. The van der Waals surface area contributed by atoms with Gasteiger partial charge in [-0.3, -0.25) is 9.59 Å². The third-order valence-corrected chi connectivity index (χ3v) is 6.92. The molecule has 1 aliphatic rings. The first-order valence-electron chi connectivity index (χ1n) is 13.9. The van der Waals surface area contributed by atoms with Gasteiger partial charge in [0, 0.05) is 17.0 Å². The van der Waals surface area contributed by atoms with Gasteiger partial charge in [0.05, 0.1) is 5.60 Å². The molecule has 0 aliphatic heterocycles. The minimum atomic E-state index is -0.457. The molecule has 0 bridgehead atoms. The maximum Gasteiger partial charge on any atom is 0.166 e. The highest BCUT2D eigenvalue weighted by molar-refractivity contribution is 6.05. The maximum atomic E-state index is 12.8. The van der Waals surface area contributed by atoms with Crippen molar-refractivity contribution in [2.75, 3.05) is 0 Å². The van der Waals surface area contributed by atoms with Crippen molar-refractivity contribution < 1.29 is 14.7 Å². The largest absolute Gasteiger partial charge is 0.390 e. The van der Waals surface area contributed by atoms with Crippen LogP contribution < -0.4 is 0 Å². The fraction of sp³-hybridized carbons (Fsp3) is 0.576. The van der Waals surface area contributed by atoms with Crippen molar-refractivity contribution in [3.63, 3.8) is 0 Å². The van der Waals surface area contributed by atoms with Crippen LogP contribution in [-0.4, -0.2) is 22.3 Å². The van der Waals surface area contributed by atoms with E-state index < -0.39 is 5.60 Å². The summed E-state index contributed by atoms with van der Waals surface area (Å²) < 4.78 is 0. The lowest BCUT2D eigenvalue weighted by Crippen LogP contribution is -2.29. The molecule has 1 aliphatic carbocycles. The van der Waals surface area contributed by atoms with E-state index in [2.05, 4.69) is 33.8 Å². The van der Waals surface area contributed by atoms with Gasteiger partial charge in [0.25, 0.3) is 0 Å². The van der Waals surface area contributed by atoms with Crippen molar-refractivity contribution in [1.29, 1.82) is 0 Å². The highest BCUT2D eigenvalue weighted by Gasteiger charge is 2.36. The predicted molar refractivity (Wildman–Crippen MR) is 154 cm³/mol. The molecule has 3 nitrogen and oxygen atoms in total. The Morgan fingerprint density at radius 2 is 1.50 bits per heavy atom. The van der Waals surface area contributed by atoms with Crippen LogP contribution in [0.4, 0.5) is 0 Å². The van der Waals surface area contributed by atoms with E-state index in [9.17, 15) is 14.7 Å². The molecule has 0 saturated heterocycles. The number of rotatable bonds is 8. The van der Waals surface area contributed by atoms with Crippen LogP contribution in [0.1, 0.15) is 120 Å². The van der Waals surface area contributed by atoms with Crippen molar-refractivity contribution in [3.05, 3.63) is 58.7 Å². The van der Waals surface area contributed by atoms with Crippen molar-refractivity contribution in [1.82, 2.24) is 0 Å². The molecule has 0 radical (unpaired) electrons. The van der Waals surface area contributed by atoms with E-state index in [4.69, 9.17) is 0 Å².